The van der Waals surface area contributed by atoms with Gasteiger partial charge in [0.15, 0.2) is 0 Å². The van der Waals surface area contributed by atoms with Gasteiger partial charge in [-0.05, 0) is 85.6 Å². The zero-order chi connectivity index (χ0) is 31.4. The van der Waals surface area contributed by atoms with Crippen LogP contribution in [0.25, 0.3) is 21.5 Å². The van der Waals surface area contributed by atoms with E-state index >= 15 is 0 Å². The molecule has 0 aliphatic carbocycles. The zero-order valence-corrected chi connectivity index (χ0v) is 26.7. The van der Waals surface area contributed by atoms with E-state index in [9.17, 15) is 20.4 Å². The van der Waals surface area contributed by atoms with Crippen LogP contribution in [0.5, 0.6) is 11.5 Å². The summed E-state index contributed by atoms with van der Waals surface area (Å²) in [5, 5.41) is 44.8. The van der Waals surface area contributed by atoms with Crippen molar-refractivity contribution in [3.05, 3.63) is 143 Å². The van der Waals surface area contributed by atoms with Crippen LogP contribution in [0.1, 0.15) is 33.4 Å². The van der Waals surface area contributed by atoms with E-state index in [1.165, 1.54) is 0 Å². The molecule has 0 bridgehead atoms. The normalized spacial score (nSPS) is 11.6. The Balaban J connectivity index is 0.000000200. The van der Waals surface area contributed by atoms with Crippen LogP contribution in [0.15, 0.2) is 109 Å². The van der Waals surface area contributed by atoms with Crippen LogP contribution < -0.4 is 9.98 Å². The summed E-state index contributed by atoms with van der Waals surface area (Å²) in [7, 11) is 0. The second-order valence-corrected chi connectivity index (χ2v) is 11.0. The number of phenolic OH excluding ortho intramolecular Hbond substituents is 2. The fraction of sp³-hybridized carbons (Fsp3) is 0.105. The van der Waals surface area contributed by atoms with Gasteiger partial charge in [-0.25, -0.2) is 0 Å². The summed E-state index contributed by atoms with van der Waals surface area (Å²) in [6.45, 7) is 8.00. The van der Waals surface area contributed by atoms with E-state index in [1.807, 2.05) is 113 Å². The van der Waals surface area contributed by atoms with Crippen molar-refractivity contribution in [2.24, 2.45) is 0 Å². The number of benzene rings is 6. The first kappa shape index (κ1) is 32.8. The summed E-state index contributed by atoms with van der Waals surface area (Å²) in [6, 6.07) is 34.1. The third kappa shape index (κ3) is 7.71. The average molecular weight is 640 g/mol. The number of aromatic hydroxyl groups is 2. The van der Waals surface area contributed by atoms with Gasteiger partial charge < -0.3 is 20.4 Å². The minimum Gasteiger partial charge on any atom is -0.507 e. The Kier molecular flexibility index (Phi) is 10.3. The number of aryl methyl sites for hydroxylation is 4. The first-order chi connectivity index (χ1) is 21.1. The quantitative estimate of drug-likeness (QED) is 0.0839. The molecule has 0 atom stereocenters. The second-order valence-electron chi connectivity index (χ2n) is 11.0. The predicted molar refractivity (Wildman–Crippen MR) is 178 cm³/mol. The fourth-order valence-electron chi connectivity index (χ4n) is 5.13. The molecule has 0 saturated heterocycles. The van der Waals surface area contributed by atoms with Crippen LogP contribution in [-0.4, -0.2) is 32.2 Å². The number of aliphatic hydroxyl groups excluding tert-OH is 2. The number of rotatable bonds is 4. The molecule has 0 fully saturated rings. The summed E-state index contributed by atoms with van der Waals surface area (Å²) >= 11 is 0. The van der Waals surface area contributed by atoms with Gasteiger partial charge in [0.2, 0.25) is 11.4 Å². The van der Waals surface area contributed by atoms with Crippen molar-refractivity contribution in [1.82, 2.24) is 0 Å². The first-order valence-electron chi connectivity index (χ1n) is 14.3. The van der Waals surface area contributed by atoms with Crippen LogP contribution in [0, 0.1) is 27.7 Å². The number of aliphatic hydroxyl groups is 2. The Morgan fingerprint density at radius 2 is 0.800 bits per heavy atom. The van der Waals surface area contributed by atoms with Gasteiger partial charge in [0.05, 0.1) is 0 Å². The molecule has 7 heteroatoms. The van der Waals surface area contributed by atoms with Crippen LogP contribution >= 0.6 is 0 Å². The molecule has 6 nitrogen and oxygen atoms in total. The van der Waals surface area contributed by atoms with E-state index < -0.39 is 0 Å². The third-order valence-electron chi connectivity index (χ3n) is 7.51. The molecular formula is C38H36MnN2O4+2. The van der Waals surface area contributed by atoms with E-state index in [4.69, 9.17) is 0 Å². The van der Waals surface area contributed by atoms with E-state index in [0.717, 1.165) is 55.2 Å². The molecule has 0 aromatic heterocycles. The SMILES string of the molecule is Cc1ccc([NH+]=C(O)c2cc3ccccc3cc2O)c(C)c1.Cc1ccc([NH+]=C(O)c2cc3ccccc3cc2O)c(C)c1.[Mn]. The minimum atomic E-state index is -0.0600. The Morgan fingerprint density at radius 3 is 1.13 bits per heavy atom. The van der Waals surface area contributed by atoms with E-state index in [0.29, 0.717) is 11.1 Å². The van der Waals surface area contributed by atoms with Gasteiger partial charge >= 0.3 is 11.8 Å². The van der Waals surface area contributed by atoms with E-state index in [-0.39, 0.29) is 40.4 Å². The molecule has 0 amide bonds. The minimum absolute atomic E-state index is 0. The third-order valence-corrected chi connectivity index (χ3v) is 7.51. The maximum Gasteiger partial charge on any atom is 0.375 e. The zero-order valence-electron chi connectivity index (χ0n) is 25.6. The van der Waals surface area contributed by atoms with Gasteiger partial charge in [-0.1, -0.05) is 71.8 Å². The van der Waals surface area contributed by atoms with Crippen molar-refractivity contribution < 1.29 is 47.5 Å². The molecule has 227 valence electrons. The Hall–Kier alpha value is -5.10. The van der Waals surface area contributed by atoms with Gasteiger partial charge in [0.25, 0.3) is 0 Å². The van der Waals surface area contributed by atoms with Crippen molar-refractivity contribution in [1.29, 1.82) is 0 Å². The number of hydrogen-bond acceptors (Lipinski definition) is 2. The summed E-state index contributed by atoms with van der Waals surface area (Å²) in [6.07, 6.45) is 0. The summed E-state index contributed by atoms with van der Waals surface area (Å²) < 4.78 is 0. The van der Waals surface area contributed by atoms with Crippen LogP contribution in [0.2, 0.25) is 0 Å². The maximum absolute atomic E-state index is 10.4. The largest absolute Gasteiger partial charge is 0.507 e. The predicted octanol–water partition coefficient (Wildman–Crippen LogP) is 5.76. The average Bonchev–Trinajstić information content (AvgIpc) is 2.99. The Morgan fingerprint density at radius 1 is 0.467 bits per heavy atom. The fourth-order valence-corrected chi connectivity index (χ4v) is 5.13. The van der Waals surface area contributed by atoms with Gasteiger partial charge in [0.1, 0.15) is 22.6 Å². The molecule has 0 saturated carbocycles. The molecular weight excluding hydrogens is 603 g/mol. The summed E-state index contributed by atoms with van der Waals surface area (Å²) in [5.74, 6) is -0.0210. The standard InChI is InChI=1S/2C19H17NO2.Mn/c2*1-12-7-8-17(13(2)9-12)20-19(22)16-10-14-5-3-4-6-15(14)11-18(16)21;/h2*3-11,21H,1-2H3,(H,20,22);/p+2. The molecule has 0 spiro atoms. The smallest absolute Gasteiger partial charge is 0.375 e. The molecule has 6 aromatic carbocycles. The number of hydrogen-bond donors (Lipinski definition) is 6. The Labute approximate surface area is 273 Å². The van der Waals surface area contributed by atoms with Gasteiger partial charge in [0, 0.05) is 40.3 Å². The first-order valence-corrected chi connectivity index (χ1v) is 14.3. The molecule has 1 radical (unpaired) electrons. The summed E-state index contributed by atoms with van der Waals surface area (Å²) in [5.41, 5.74) is 6.80. The van der Waals surface area contributed by atoms with Crippen molar-refractivity contribution in [3.8, 4) is 11.5 Å². The molecule has 6 rings (SSSR count). The summed E-state index contributed by atoms with van der Waals surface area (Å²) in [4.78, 5) is 5.94. The molecule has 0 aliphatic rings. The second kappa shape index (κ2) is 14.1. The number of nitrogens with one attached hydrogen (secondary N) is 2. The van der Waals surface area contributed by atoms with Gasteiger partial charge in [-0.15, -0.1) is 0 Å². The maximum atomic E-state index is 10.4. The topological polar surface area (TPSA) is 109 Å². The van der Waals surface area contributed by atoms with Crippen LogP contribution in [-0.2, 0) is 17.1 Å². The van der Waals surface area contributed by atoms with Gasteiger partial charge in [-0.2, -0.15) is 9.98 Å². The van der Waals surface area contributed by atoms with E-state index in [1.54, 1.807) is 24.3 Å². The van der Waals surface area contributed by atoms with Gasteiger partial charge in [-0.3, -0.25) is 0 Å². The van der Waals surface area contributed by atoms with Crippen molar-refractivity contribution >= 4 is 44.7 Å². The van der Waals surface area contributed by atoms with Crippen molar-refractivity contribution in [2.45, 2.75) is 27.7 Å². The molecule has 0 unspecified atom stereocenters. The van der Waals surface area contributed by atoms with Crippen molar-refractivity contribution in [3.63, 3.8) is 0 Å². The number of phenols is 2. The van der Waals surface area contributed by atoms with Crippen LogP contribution in [0.3, 0.4) is 0 Å². The Bertz CT molecular complexity index is 1920. The molecule has 45 heavy (non-hydrogen) atoms. The van der Waals surface area contributed by atoms with Crippen LogP contribution in [0.4, 0.5) is 11.4 Å². The molecule has 0 heterocycles. The van der Waals surface area contributed by atoms with E-state index in [2.05, 4.69) is 9.98 Å². The van der Waals surface area contributed by atoms with Crippen molar-refractivity contribution in [2.75, 3.05) is 0 Å². The molecule has 0 aliphatic heterocycles. The monoisotopic (exact) mass is 639 g/mol. The number of fused-ring (bicyclic) bond motifs is 2. The molecule has 6 aromatic rings. The molecule has 6 N–H and O–H groups in total.